The summed E-state index contributed by atoms with van der Waals surface area (Å²) in [6.07, 6.45) is 0. The maximum absolute atomic E-state index is 8.59. The Labute approximate surface area is 125 Å². The van der Waals surface area contributed by atoms with E-state index in [-0.39, 0.29) is 37.1 Å². The summed E-state index contributed by atoms with van der Waals surface area (Å²) >= 11 is -17.2. The Balaban J connectivity index is -0.0000000400. The summed E-state index contributed by atoms with van der Waals surface area (Å²) in [4.78, 5) is 0. The Morgan fingerprint density at radius 1 is 0.412 bits per heavy atom. The zero-order chi connectivity index (χ0) is 13.5. The second-order valence-corrected chi connectivity index (χ2v) is 5.05. The second kappa shape index (κ2) is 12.4. The first-order valence-corrected chi connectivity index (χ1v) is 8.25. The first-order valence-electron chi connectivity index (χ1n) is 2.00. The Bertz CT molecular complexity index is 341. The summed E-state index contributed by atoms with van der Waals surface area (Å²) in [5.74, 6) is 0. The fourth-order valence-corrected chi connectivity index (χ4v) is 0. The predicted molar refractivity (Wildman–Crippen MR) is 4.12 cm³/mol. The summed E-state index contributed by atoms with van der Waals surface area (Å²) in [5, 5.41) is 0. The molecule has 0 unspecified atom stereocenters. The molecule has 0 atom stereocenters. The molecule has 0 aromatic carbocycles. The number of hydrogen-bond acceptors (Lipinski definition) is 12. The molecule has 0 bridgehead atoms. The van der Waals surface area contributed by atoms with Gasteiger partial charge in [0, 0.05) is 0 Å². The summed E-state index contributed by atoms with van der Waals surface area (Å²) in [7, 11) is 0. The molecule has 12 nitrogen and oxygen atoms in total. The third kappa shape index (κ3) is 2310. The Morgan fingerprint density at radius 3 is 0.412 bits per heavy atom. The van der Waals surface area contributed by atoms with Gasteiger partial charge in [-0.1, -0.05) is 0 Å². The molecule has 0 N–H and O–H groups in total. The normalized spacial score (nSPS) is 10.2. The minimum absolute atomic E-state index is 0. The molecule has 0 fully saturated rings. The summed E-state index contributed by atoms with van der Waals surface area (Å²) in [6.45, 7) is 0. The first-order chi connectivity index (χ1) is 6.00. The van der Waals surface area contributed by atoms with E-state index in [1.807, 2.05) is 0 Å². The molecule has 0 saturated carbocycles. The standard InChI is InChI=1S/3Cr.12O.2V/q;;;;;;;;;6*-1;2*+3. The maximum atomic E-state index is 8.59. The van der Waals surface area contributed by atoms with Crippen molar-refractivity contribution >= 4 is 0 Å². The van der Waals surface area contributed by atoms with Crippen molar-refractivity contribution in [3.63, 3.8) is 0 Å². The Kier molecular flexibility index (Phi) is 22.5. The molecule has 0 amide bonds. The molecule has 0 aliphatic rings. The Hall–Kier alpha value is 1.33. The average molecular weight is 450 g/mol. The maximum Gasteiger partial charge on any atom is 3.00 e. The molecule has 0 aliphatic heterocycles. The van der Waals surface area contributed by atoms with Crippen molar-refractivity contribution in [2.45, 2.75) is 0 Å². The van der Waals surface area contributed by atoms with Crippen LogP contribution in [-0.2, 0) is 101 Å². The zero-order valence-electron chi connectivity index (χ0n) is 7.02. The molecule has 17 heteroatoms. The van der Waals surface area contributed by atoms with Crippen LogP contribution in [-0.4, -0.2) is 0 Å². The van der Waals surface area contributed by atoms with Crippen LogP contribution in [0.25, 0.3) is 0 Å². The molecule has 0 aliphatic carbocycles. The number of rotatable bonds is 0. The molecule has 17 heavy (non-hydrogen) atoms. The van der Waals surface area contributed by atoms with Crippen LogP contribution in [0.2, 0.25) is 0 Å². The molecule has 0 aromatic rings. The van der Waals surface area contributed by atoms with Crippen LogP contribution in [0.3, 0.4) is 0 Å². The van der Waals surface area contributed by atoms with Gasteiger partial charge in [-0.2, -0.15) is 0 Å². The van der Waals surface area contributed by atoms with Crippen molar-refractivity contribution in [1.29, 1.82) is 0 Å². The van der Waals surface area contributed by atoms with Gasteiger partial charge in [-0.15, -0.1) is 0 Å². The zero-order valence-corrected chi connectivity index (χ0v) is 13.6. The van der Waals surface area contributed by atoms with E-state index in [1.54, 1.807) is 0 Å². The second-order valence-electron chi connectivity index (χ2n) is 1.22. The van der Waals surface area contributed by atoms with Crippen LogP contribution in [0, 0.1) is 0 Å². The van der Waals surface area contributed by atoms with Crippen LogP contribution in [0.1, 0.15) is 0 Å². The topological polar surface area (TPSA) is 241 Å². The largest absolute Gasteiger partial charge is 3.00 e. The van der Waals surface area contributed by atoms with E-state index in [4.69, 9.17) is 47.8 Å². The third-order valence-electron chi connectivity index (χ3n) is 0. The van der Waals surface area contributed by atoms with Gasteiger partial charge in [0.1, 0.15) is 0 Å². The van der Waals surface area contributed by atoms with Crippen LogP contribution in [0.5, 0.6) is 0 Å². The Morgan fingerprint density at radius 2 is 0.412 bits per heavy atom. The minimum Gasteiger partial charge on any atom is 3.00 e. The summed E-state index contributed by atoms with van der Waals surface area (Å²) in [5.41, 5.74) is 0. The summed E-state index contributed by atoms with van der Waals surface area (Å²) in [6, 6.07) is 0. The van der Waals surface area contributed by atoms with Gasteiger partial charge in [0.15, 0.2) is 0 Å². The minimum atomic E-state index is -5.75. The van der Waals surface area contributed by atoms with Crippen LogP contribution < -0.4 is 24.9 Å². The molecule has 0 heterocycles. The van der Waals surface area contributed by atoms with Crippen molar-refractivity contribution < 1.29 is 126 Å². The fourth-order valence-electron chi connectivity index (χ4n) is 0. The number of hydrogen-bond donors (Lipinski definition) is 0. The van der Waals surface area contributed by atoms with Gasteiger partial charge in [0.05, 0.1) is 0 Å². The van der Waals surface area contributed by atoms with Crippen molar-refractivity contribution in [2.75, 3.05) is 0 Å². The average Bonchev–Trinajstić information content (AvgIpc) is 1.41. The van der Waals surface area contributed by atoms with Gasteiger partial charge < -0.3 is 0 Å². The third-order valence-corrected chi connectivity index (χ3v) is 0. The first kappa shape index (κ1) is 31.0. The van der Waals surface area contributed by atoms with E-state index < -0.39 is 40.8 Å². The van der Waals surface area contributed by atoms with Crippen LogP contribution >= 0.6 is 0 Å². The molecular formula is Cr3O12V2. The van der Waals surface area contributed by atoms with E-state index in [1.165, 1.54) is 0 Å². The molecule has 0 radical (unpaired) electrons. The van der Waals surface area contributed by atoms with E-state index in [0.29, 0.717) is 0 Å². The SMILES string of the molecule is [O]=[Cr](=[O])([O-])[O-].[O]=[Cr](=[O])([O-])[O-].[O]=[Cr](=[O])([O-])[O-].[V+3].[V+3]. The summed E-state index contributed by atoms with van der Waals surface area (Å²) < 4.78 is 103. The smallest absolute Gasteiger partial charge is 3.00 e. The van der Waals surface area contributed by atoms with Crippen molar-refractivity contribution in [3.8, 4) is 0 Å². The molecule has 0 aromatic heterocycles. The molecule has 0 saturated heterocycles. The monoisotopic (exact) mass is 450 g/mol. The van der Waals surface area contributed by atoms with E-state index in [9.17, 15) is 0 Å². The quantitative estimate of drug-likeness (QED) is 0.334. The van der Waals surface area contributed by atoms with Crippen LogP contribution in [0.4, 0.5) is 0 Å². The molecular weight excluding hydrogens is 450 g/mol. The van der Waals surface area contributed by atoms with Crippen molar-refractivity contribution in [3.05, 3.63) is 0 Å². The van der Waals surface area contributed by atoms with E-state index in [0.717, 1.165) is 0 Å². The van der Waals surface area contributed by atoms with Gasteiger partial charge >= 0.3 is 126 Å². The van der Waals surface area contributed by atoms with Crippen molar-refractivity contribution in [2.24, 2.45) is 0 Å². The molecule has 0 rings (SSSR count). The van der Waals surface area contributed by atoms with Crippen LogP contribution in [0.15, 0.2) is 0 Å². The molecule has 100 valence electrons. The molecule has 0 spiro atoms. The fraction of sp³-hybridized carbons (Fsp3) is 0. The van der Waals surface area contributed by atoms with Gasteiger partial charge in [-0.05, 0) is 0 Å². The van der Waals surface area contributed by atoms with Gasteiger partial charge in [0.25, 0.3) is 0 Å². The van der Waals surface area contributed by atoms with E-state index >= 15 is 0 Å². The van der Waals surface area contributed by atoms with Gasteiger partial charge in [0.2, 0.25) is 0 Å². The predicted octanol–water partition coefficient (Wildman–Crippen LogP) is -7.86. The van der Waals surface area contributed by atoms with E-state index in [2.05, 4.69) is 0 Å². The van der Waals surface area contributed by atoms with Crippen molar-refractivity contribution in [1.82, 2.24) is 0 Å². The van der Waals surface area contributed by atoms with Gasteiger partial charge in [-0.3, -0.25) is 0 Å². The van der Waals surface area contributed by atoms with Gasteiger partial charge in [-0.25, -0.2) is 0 Å².